The number of hydrogen-bond donors (Lipinski definition) is 2. The van der Waals surface area contributed by atoms with Crippen LogP contribution in [0.3, 0.4) is 0 Å². The molecule has 0 spiro atoms. The molecule has 4 rings (SSSR count). The number of halogens is 4. The number of allylic oxidation sites excluding steroid dienone is 2. The average molecular weight is 593 g/mol. The number of carbonyl (C=O) groups is 3. The summed E-state index contributed by atoms with van der Waals surface area (Å²) in [6.07, 6.45) is -4.03. The summed E-state index contributed by atoms with van der Waals surface area (Å²) >= 11 is 6.32. The second-order valence-corrected chi connectivity index (χ2v) is 10.8. The molecule has 2 aliphatic rings. The molecule has 12 heteroatoms. The Morgan fingerprint density at radius 3 is 2.59 bits per heavy atom. The molecule has 1 aliphatic carbocycles. The van der Waals surface area contributed by atoms with Crippen LogP contribution in [0.5, 0.6) is 5.75 Å². The molecule has 1 heterocycles. The van der Waals surface area contributed by atoms with Crippen molar-refractivity contribution in [3.63, 3.8) is 0 Å². The van der Waals surface area contributed by atoms with Crippen LogP contribution in [0.4, 0.5) is 18.9 Å². The highest BCUT2D eigenvalue weighted by Gasteiger charge is 2.46. The summed E-state index contributed by atoms with van der Waals surface area (Å²) in [4.78, 5) is 39.2. The number of rotatable bonds is 7. The first-order chi connectivity index (χ1) is 19.2. The number of anilines is 1. The molecule has 1 amide bonds. The molecule has 0 bridgehead atoms. The van der Waals surface area contributed by atoms with Crippen molar-refractivity contribution < 1.29 is 41.8 Å². The number of Topliss-reactive ketones (excluding diaryl/α,β-unsaturated/α-hetero) is 1. The molecular weight excluding hydrogens is 565 g/mol. The standard InChI is InChI=1S/C29H28ClF3N2O6/c1-4-39-27(38)25-23(24-19(36)12-28(2,3)13-21(24)41-26(25)34)18-11-16(30)8-9-20(18)40-14-22(37)35-17-7-5-6-15(10-17)29(31,32)33/h5-11,23H,4,12-14,34H2,1-3H3,(H,35,37). The average Bonchev–Trinajstić information content (AvgIpc) is 2.86. The molecule has 0 fully saturated rings. The van der Waals surface area contributed by atoms with Gasteiger partial charge >= 0.3 is 12.1 Å². The van der Waals surface area contributed by atoms with Gasteiger partial charge in [0, 0.05) is 34.7 Å². The van der Waals surface area contributed by atoms with E-state index >= 15 is 0 Å². The fourth-order valence-electron chi connectivity index (χ4n) is 4.89. The van der Waals surface area contributed by atoms with Crippen molar-refractivity contribution in [1.29, 1.82) is 0 Å². The Labute approximate surface area is 239 Å². The lowest BCUT2D eigenvalue weighted by Gasteiger charge is -2.38. The molecule has 2 aromatic rings. The van der Waals surface area contributed by atoms with E-state index in [1.165, 1.54) is 30.3 Å². The van der Waals surface area contributed by atoms with Crippen LogP contribution in [0.25, 0.3) is 0 Å². The van der Waals surface area contributed by atoms with Gasteiger partial charge in [0.15, 0.2) is 12.4 Å². The second kappa shape index (κ2) is 11.5. The Morgan fingerprint density at radius 2 is 1.90 bits per heavy atom. The monoisotopic (exact) mass is 592 g/mol. The fraction of sp³-hybridized carbons (Fsp3) is 0.345. The van der Waals surface area contributed by atoms with E-state index in [1.54, 1.807) is 6.92 Å². The van der Waals surface area contributed by atoms with Crippen LogP contribution in [-0.2, 0) is 30.0 Å². The largest absolute Gasteiger partial charge is 0.483 e. The first-order valence-electron chi connectivity index (χ1n) is 12.7. The predicted molar refractivity (Wildman–Crippen MR) is 144 cm³/mol. The highest BCUT2D eigenvalue weighted by atomic mass is 35.5. The van der Waals surface area contributed by atoms with Gasteiger partial charge in [0.25, 0.3) is 5.91 Å². The zero-order valence-corrected chi connectivity index (χ0v) is 23.2. The summed E-state index contributed by atoms with van der Waals surface area (Å²) in [5.74, 6) is -2.69. The van der Waals surface area contributed by atoms with Gasteiger partial charge in [0.2, 0.25) is 5.88 Å². The molecule has 41 heavy (non-hydrogen) atoms. The number of ketones is 1. The number of nitrogens with one attached hydrogen (secondary N) is 1. The van der Waals surface area contributed by atoms with Crippen molar-refractivity contribution >= 4 is 34.9 Å². The topological polar surface area (TPSA) is 117 Å². The van der Waals surface area contributed by atoms with Crippen LogP contribution < -0.4 is 15.8 Å². The van der Waals surface area contributed by atoms with Crippen LogP contribution >= 0.6 is 11.6 Å². The van der Waals surface area contributed by atoms with Crippen LogP contribution in [0.1, 0.15) is 50.7 Å². The highest BCUT2D eigenvalue weighted by Crippen LogP contribution is 2.50. The molecule has 8 nitrogen and oxygen atoms in total. The summed E-state index contributed by atoms with van der Waals surface area (Å²) in [5, 5.41) is 2.62. The molecule has 2 aromatic carbocycles. The normalized spacial score (nSPS) is 18.4. The molecule has 1 aliphatic heterocycles. The van der Waals surface area contributed by atoms with Crippen molar-refractivity contribution in [2.45, 2.75) is 45.7 Å². The van der Waals surface area contributed by atoms with Crippen LogP contribution in [0.15, 0.2) is 65.3 Å². The maximum Gasteiger partial charge on any atom is 0.416 e. The van der Waals surface area contributed by atoms with E-state index in [1.807, 2.05) is 13.8 Å². The van der Waals surface area contributed by atoms with Gasteiger partial charge in [-0.05, 0) is 48.7 Å². The van der Waals surface area contributed by atoms with E-state index in [0.717, 1.165) is 12.1 Å². The van der Waals surface area contributed by atoms with Gasteiger partial charge in [0.05, 0.1) is 18.1 Å². The lowest BCUT2D eigenvalue weighted by Crippen LogP contribution is -2.36. The number of ether oxygens (including phenoxy) is 3. The van der Waals surface area contributed by atoms with Crippen molar-refractivity contribution in [1.82, 2.24) is 0 Å². The van der Waals surface area contributed by atoms with Gasteiger partial charge < -0.3 is 25.3 Å². The minimum atomic E-state index is -4.58. The highest BCUT2D eigenvalue weighted by molar-refractivity contribution is 6.30. The van der Waals surface area contributed by atoms with Crippen LogP contribution in [0, 0.1) is 5.41 Å². The number of amides is 1. The third kappa shape index (κ3) is 6.67. The lowest BCUT2D eigenvalue weighted by molar-refractivity contribution is -0.139. The Balaban J connectivity index is 1.69. The number of carbonyl (C=O) groups excluding carboxylic acids is 3. The maximum absolute atomic E-state index is 13.5. The third-order valence-corrected chi connectivity index (χ3v) is 6.80. The fourth-order valence-corrected chi connectivity index (χ4v) is 5.07. The first-order valence-corrected chi connectivity index (χ1v) is 13.1. The van der Waals surface area contributed by atoms with E-state index in [9.17, 15) is 27.6 Å². The maximum atomic E-state index is 13.5. The Hall–Kier alpha value is -3.99. The van der Waals surface area contributed by atoms with Gasteiger partial charge in [-0.2, -0.15) is 13.2 Å². The van der Waals surface area contributed by atoms with Gasteiger partial charge in [-0.1, -0.05) is 31.5 Å². The summed E-state index contributed by atoms with van der Waals surface area (Å²) in [6.45, 7) is 4.86. The third-order valence-electron chi connectivity index (χ3n) is 6.57. The van der Waals surface area contributed by atoms with Crippen molar-refractivity contribution in [3.8, 4) is 5.75 Å². The Kier molecular flexibility index (Phi) is 8.39. The molecule has 0 radical (unpaired) electrons. The SMILES string of the molecule is CCOC(=O)C1=C(N)OC2=C(C(=O)CC(C)(C)C2)C1c1cc(Cl)ccc1OCC(=O)Nc1cccc(C(F)(F)F)c1. The predicted octanol–water partition coefficient (Wildman–Crippen LogP) is 5.87. The van der Waals surface area contributed by atoms with Crippen molar-refractivity contribution in [2.24, 2.45) is 11.1 Å². The number of alkyl halides is 3. The second-order valence-electron chi connectivity index (χ2n) is 10.4. The molecule has 0 saturated carbocycles. The van der Waals surface area contributed by atoms with Gasteiger partial charge in [0.1, 0.15) is 17.1 Å². The molecule has 218 valence electrons. The lowest BCUT2D eigenvalue weighted by atomic mass is 9.70. The summed E-state index contributed by atoms with van der Waals surface area (Å²) < 4.78 is 55.9. The van der Waals surface area contributed by atoms with Gasteiger partial charge in [-0.15, -0.1) is 0 Å². The molecule has 0 aromatic heterocycles. The minimum Gasteiger partial charge on any atom is -0.483 e. The van der Waals surface area contributed by atoms with Crippen molar-refractivity contribution in [2.75, 3.05) is 18.5 Å². The van der Waals surface area contributed by atoms with Crippen LogP contribution in [0.2, 0.25) is 5.02 Å². The summed E-state index contributed by atoms with van der Waals surface area (Å²) in [5.41, 5.74) is 5.16. The van der Waals surface area contributed by atoms with E-state index in [0.29, 0.717) is 12.2 Å². The van der Waals surface area contributed by atoms with E-state index in [4.69, 9.17) is 31.5 Å². The Morgan fingerprint density at radius 1 is 1.17 bits per heavy atom. The number of nitrogens with two attached hydrogens (primary N) is 1. The molecular formula is C29H28ClF3N2O6. The molecule has 0 saturated heterocycles. The zero-order chi connectivity index (χ0) is 30.1. The Bertz CT molecular complexity index is 1460. The van der Waals surface area contributed by atoms with E-state index < -0.39 is 41.6 Å². The molecule has 1 atom stereocenters. The van der Waals surface area contributed by atoms with E-state index in [-0.39, 0.29) is 57.9 Å². The van der Waals surface area contributed by atoms with Crippen molar-refractivity contribution in [3.05, 3.63) is 81.4 Å². The number of esters is 1. The smallest absolute Gasteiger partial charge is 0.416 e. The quantitative estimate of drug-likeness (QED) is 0.386. The number of hydrogen-bond acceptors (Lipinski definition) is 7. The summed E-state index contributed by atoms with van der Waals surface area (Å²) in [7, 11) is 0. The minimum absolute atomic E-state index is 0.0316. The first kappa shape index (κ1) is 30.0. The van der Waals surface area contributed by atoms with E-state index in [2.05, 4.69) is 5.32 Å². The van der Waals surface area contributed by atoms with Gasteiger partial charge in [-0.25, -0.2) is 4.79 Å². The zero-order valence-electron chi connectivity index (χ0n) is 22.5. The molecule has 3 N–H and O–H groups in total. The summed E-state index contributed by atoms with van der Waals surface area (Å²) in [6, 6.07) is 8.61. The number of benzene rings is 2. The van der Waals surface area contributed by atoms with Gasteiger partial charge in [-0.3, -0.25) is 9.59 Å². The molecule has 1 unspecified atom stereocenters. The van der Waals surface area contributed by atoms with Crippen LogP contribution in [-0.4, -0.2) is 30.9 Å².